The number of esters is 1. The highest BCUT2D eigenvalue weighted by atomic mass is 32.2. The lowest BCUT2D eigenvalue weighted by Crippen LogP contribution is -2.27. The Morgan fingerprint density at radius 2 is 1.91 bits per heavy atom. The van der Waals surface area contributed by atoms with Crippen LogP contribution in [-0.4, -0.2) is 32.8 Å². The number of rotatable bonds is 5. The van der Waals surface area contributed by atoms with Crippen molar-refractivity contribution in [1.29, 1.82) is 0 Å². The van der Waals surface area contributed by atoms with Gasteiger partial charge in [0.15, 0.2) is 0 Å². The van der Waals surface area contributed by atoms with Gasteiger partial charge in [0.25, 0.3) is 0 Å². The summed E-state index contributed by atoms with van der Waals surface area (Å²) >= 11 is 0. The summed E-state index contributed by atoms with van der Waals surface area (Å²) in [5.74, 6) is -0.975. The third-order valence-corrected chi connectivity index (χ3v) is 4.86. The first kappa shape index (κ1) is 16.2. The molecular weight excluding hydrogens is 313 g/mol. The van der Waals surface area contributed by atoms with E-state index in [0.717, 1.165) is 16.4 Å². The van der Waals surface area contributed by atoms with Crippen LogP contribution < -0.4 is 0 Å². The van der Waals surface area contributed by atoms with Crippen molar-refractivity contribution in [3.63, 3.8) is 0 Å². The maximum atomic E-state index is 12.9. The molecule has 0 aliphatic rings. The number of carbonyl (C=O) groups excluding carboxylic acids is 1. The molecule has 0 fully saturated rings. The fraction of sp³-hybridized carbons (Fsp3) is 0.214. The van der Waals surface area contributed by atoms with Gasteiger partial charge in [-0.05, 0) is 30.3 Å². The minimum atomic E-state index is -3.83. The third kappa shape index (κ3) is 3.18. The molecule has 0 atom stereocenters. The number of sulfonamides is 1. The Labute approximate surface area is 127 Å². The number of carbonyl (C=O) groups is 1. The number of ether oxygens (including phenoxy) is 1. The highest BCUT2D eigenvalue weighted by Crippen LogP contribution is 2.20. The van der Waals surface area contributed by atoms with Gasteiger partial charge < -0.3 is 9.15 Å². The summed E-state index contributed by atoms with van der Waals surface area (Å²) in [4.78, 5) is 11.5. The lowest BCUT2D eigenvalue weighted by molar-refractivity contribution is 0.0597. The zero-order valence-electron chi connectivity index (χ0n) is 11.9. The van der Waals surface area contributed by atoms with Gasteiger partial charge in [-0.25, -0.2) is 17.6 Å². The second-order valence-electron chi connectivity index (χ2n) is 4.46. The zero-order chi connectivity index (χ0) is 16.3. The van der Waals surface area contributed by atoms with Gasteiger partial charge in [-0.2, -0.15) is 4.31 Å². The minimum Gasteiger partial charge on any atom is -0.467 e. The predicted molar refractivity (Wildman–Crippen MR) is 75.1 cm³/mol. The van der Waals surface area contributed by atoms with Gasteiger partial charge in [0.05, 0.1) is 24.8 Å². The van der Waals surface area contributed by atoms with Crippen LogP contribution in [0.25, 0.3) is 0 Å². The number of benzene rings is 1. The van der Waals surface area contributed by atoms with Crippen LogP contribution in [0.3, 0.4) is 0 Å². The Balaban J connectivity index is 2.25. The van der Waals surface area contributed by atoms with Gasteiger partial charge >= 0.3 is 5.97 Å². The van der Waals surface area contributed by atoms with E-state index < -0.39 is 21.8 Å². The van der Waals surface area contributed by atoms with Gasteiger partial charge in [-0.15, -0.1) is 0 Å². The Hall–Kier alpha value is -2.19. The molecule has 0 aliphatic carbocycles. The lowest BCUT2D eigenvalue weighted by atomic mass is 10.2. The fourth-order valence-corrected chi connectivity index (χ4v) is 2.96. The molecular formula is C14H14FNO5S. The van der Waals surface area contributed by atoms with E-state index in [0.29, 0.717) is 0 Å². The fourth-order valence-electron chi connectivity index (χ4n) is 1.83. The molecule has 0 saturated heterocycles. The summed E-state index contributed by atoms with van der Waals surface area (Å²) in [6, 6.07) is 5.87. The van der Waals surface area contributed by atoms with Crippen LogP contribution in [0.2, 0.25) is 0 Å². The molecule has 2 aromatic rings. The third-order valence-electron chi connectivity index (χ3n) is 3.04. The van der Waals surface area contributed by atoms with E-state index in [2.05, 4.69) is 4.74 Å². The summed E-state index contributed by atoms with van der Waals surface area (Å²) in [5.41, 5.74) is 0.156. The molecule has 6 nitrogen and oxygen atoms in total. The van der Waals surface area contributed by atoms with Crippen molar-refractivity contribution >= 4 is 16.0 Å². The highest BCUT2D eigenvalue weighted by molar-refractivity contribution is 7.89. The maximum absolute atomic E-state index is 12.9. The van der Waals surface area contributed by atoms with Crippen molar-refractivity contribution in [2.75, 3.05) is 14.2 Å². The molecule has 2 rings (SSSR count). The Morgan fingerprint density at radius 1 is 1.27 bits per heavy atom. The number of hydrogen-bond donors (Lipinski definition) is 0. The summed E-state index contributed by atoms with van der Waals surface area (Å²) in [6.45, 7) is -0.156. The average Bonchev–Trinajstić information content (AvgIpc) is 2.95. The molecule has 0 aliphatic heterocycles. The second kappa shape index (κ2) is 6.29. The van der Waals surface area contributed by atoms with Crippen molar-refractivity contribution in [2.24, 2.45) is 0 Å². The van der Waals surface area contributed by atoms with Gasteiger partial charge in [0, 0.05) is 7.05 Å². The Bertz CT molecular complexity index is 767. The number of halogens is 1. The van der Waals surface area contributed by atoms with E-state index in [-0.39, 0.29) is 22.8 Å². The molecule has 8 heteroatoms. The van der Waals surface area contributed by atoms with Crippen molar-refractivity contribution in [2.45, 2.75) is 11.4 Å². The lowest BCUT2D eigenvalue weighted by Gasteiger charge is -2.16. The molecule has 118 valence electrons. The Kier molecular flexibility index (Phi) is 4.62. The second-order valence-corrected chi connectivity index (χ2v) is 6.51. The van der Waals surface area contributed by atoms with E-state index >= 15 is 0 Å². The molecule has 1 aromatic carbocycles. The molecule has 0 amide bonds. The van der Waals surface area contributed by atoms with Gasteiger partial charge in [-0.1, -0.05) is 0 Å². The van der Waals surface area contributed by atoms with Crippen LogP contribution in [0.5, 0.6) is 0 Å². The molecule has 0 bridgehead atoms. The van der Waals surface area contributed by atoms with Crippen LogP contribution in [0.1, 0.15) is 16.1 Å². The summed E-state index contributed by atoms with van der Waals surface area (Å²) in [6.07, 6.45) is 1.28. The smallest absolute Gasteiger partial charge is 0.341 e. The first-order valence-electron chi connectivity index (χ1n) is 6.23. The quantitative estimate of drug-likeness (QED) is 0.785. The minimum absolute atomic E-state index is 0.0532. The van der Waals surface area contributed by atoms with E-state index in [4.69, 9.17) is 4.42 Å². The number of methoxy groups -OCH3 is 1. The normalized spacial score (nSPS) is 11.6. The van der Waals surface area contributed by atoms with Crippen LogP contribution >= 0.6 is 0 Å². The van der Waals surface area contributed by atoms with Crippen LogP contribution in [0.4, 0.5) is 4.39 Å². The molecule has 0 unspecified atom stereocenters. The van der Waals surface area contributed by atoms with Crippen molar-refractivity contribution < 1.29 is 26.8 Å². The van der Waals surface area contributed by atoms with Gasteiger partial charge in [0.2, 0.25) is 10.0 Å². The van der Waals surface area contributed by atoms with Crippen molar-refractivity contribution in [3.8, 4) is 0 Å². The van der Waals surface area contributed by atoms with E-state index in [1.807, 2.05) is 0 Å². The highest BCUT2D eigenvalue weighted by Gasteiger charge is 2.24. The SMILES string of the molecule is COC(=O)c1ccoc1CN(C)S(=O)(=O)c1ccc(F)cc1. The molecule has 1 aromatic heterocycles. The number of furan rings is 1. The summed E-state index contributed by atoms with van der Waals surface area (Å²) < 4.78 is 48.4. The molecule has 1 heterocycles. The number of hydrogen-bond acceptors (Lipinski definition) is 5. The average molecular weight is 327 g/mol. The zero-order valence-corrected chi connectivity index (χ0v) is 12.8. The first-order valence-corrected chi connectivity index (χ1v) is 7.67. The van der Waals surface area contributed by atoms with E-state index in [9.17, 15) is 17.6 Å². The van der Waals surface area contributed by atoms with E-state index in [1.54, 1.807) is 0 Å². The topological polar surface area (TPSA) is 76.8 Å². The van der Waals surface area contributed by atoms with Gasteiger partial charge in [-0.3, -0.25) is 0 Å². The molecule has 22 heavy (non-hydrogen) atoms. The van der Waals surface area contributed by atoms with E-state index in [1.165, 1.54) is 38.6 Å². The monoisotopic (exact) mass is 327 g/mol. The van der Waals surface area contributed by atoms with Crippen molar-refractivity contribution in [1.82, 2.24) is 4.31 Å². The van der Waals surface area contributed by atoms with Crippen molar-refractivity contribution in [3.05, 3.63) is 53.7 Å². The molecule has 0 N–H and O–H groups in total. The number of nitrogens with zero attached hydrogens (tertiary/aromatic N) is 1. The summed E-state index contributed by atoms with van der Waals surface area (Å²) in [5, 5.41) is 0. The molecule has 0 radical (unpaired) electrons. The van der Waals surface area contributed by atoms with Gasteiger partial charge in [0.1, 0.15) is 17.1 Å². The molecule has 0 saturated carbocycles. The molecule has 0 spiro atoms. The first-order chi connectivity index (χ1) is 10.4. The van der Waals surface area contributed by atoms with Crippen LogP contribution in [0, 0.1) is 5.82 Å². The Morgan fingerprint density at radius 3 is 2.50 bits per heavy atom. The summed E-state index contributed by atoms with van der Waals surface area (Å²) in [7, 11) is -1.27. The van der Waals surface area contributed by atoms with Crippen LogP contribution in [-0.2, 0) is 21.3 Å². The maximum Gasteiger partial charge on any atom is 0.341 e. The van der Waals surface area contributed by atoms with Crippen LogP contribution in [0.15, 0.2) is 45.9 Å². The largest absolute Gasteiger partial charge is 0.467 e. The predicted octanol–water partition coefficient (Wildman–Crippen LogP) is 2.03. The standard InChI is InChI=1S/C14H14FNO5S/c1-16(9-13-12(7-8-21-13)14(17)20-2)22(18,19)11-5-3-10(15)4-6-11/h3-8H,9H2,1-2H3.